The fourth-order valence-electron chi connectivity index (χ4n) is 3.87. The Hall–Kier alpha value is -2.99. The number of nitrogens with one attached hydrogen (secondary N) is 1. The molecule has 8 nitrogen and oxygen atoms in total. The van der Waals surface area contributed by atoms with E-state index in [1.54, 1.807) is 37.8 Å². The first-order valence-corrected chi connectivity index (χ1v) is 11.2. The van der Waals surface area contributed by atoms with Crippen LogP contribution in [-0.4, -0.2) is 47.4 Å². The molecule has 0 spiro atoms. The summed E-state index contributed by atoms with van der Waals surface area (Å²) in [6.45, 7) is 6.16. The second kappa shape index (κ2) is 8.40. The SMILES string of the molecule is Cc1cc(C#N)ccc1S(=O)(=O)C(C)(C)C1CCN(C(=O)Nc2ccnnc2)CC1. The third kappa shape index (κ3) is 4.14. The van der Waals surface area contributed by atoms with E-state index in [1.165, 1.54) is 24.5 Å². The molecule has 30 heavy (non-hydrogen) atoms. The highest BCUT2D eigenvalue weighted by Gasteiger charge is 2.44. The van der Waals surface area contributed by atoms with E-state index < -0.39 is 14.6 Å². The molecule has 9 heteroatoms. The number of nitriles is 1. The van der Waals surface area contributed by atoms with Crippen LogP contribution in [0, 0.1) is 24.2 Å². The molecule has 0 radical (unpaired) electrons. The summed E-state index contributed by atoms with van der Waals surface area (Å²) >= 11 is 0. The van der Waals surface area contributed by atoms with Crippen LogP contribution in [-0.2, 0) is 9.84 Å². The summed E-state index contributed by atoms with van der Waals surface area (Å²) in [6.07, 6.45) is 4.15. The molecule has 2 heterocycles. The number of piperidine rings is 1. The first kappa shape index (κ1) is 21.7. The summed E-state index contributed by atoms with van der Waals surface area (Å²) in [5, 5.41) is 19.2. The smallest absolute Gasteiger partial charge is 0.321 e. The Labute approximate surface area is 176 Å². The predicted octanol–water partition coefficient (Wildman–Crippen LogP) is 3.15. The van der Waals surface area contributed by atoms with Crippen molar-refractivity contribution in [2.24, 2.45) is 5.92 Å². The van der Waals surface area contributed by atoms with Crippen molar-refractivity contribution in [1.82, 2.24) is 15.1 Å². The largest absolute Gasteiger partial charge is 0.325 e. The number of carbonyl (C=O) groups excluding carboxylic acids is 1. The van der Waals surface area contributed by atoms with Gasteiger partial charge < -0.3 is 10.2 Å². The lowest BCUT2D eigenvalue weighted by Crippen LogP contribution is -2.48. The van der Waals surface area contributed by atoms with Crippen molar-refractivity contribution in [3.8, 4) is 6.07 Å². The summed E-state index contributed by atoms with van der Waals surface area (Å²) in [7, 11) is -3.62. The molecular formula is C21H25N5O3S. The predicted molar refractivity (Wildman–Crippen MR) is 113 cm³/mol. The first-order valence-electron chi connectivity index (χ1n) is 9.75. The number of carbonyl (C=O) groups is 1. The number of aromatic nitrogens is 2. The van der Waals surface area contributed by atoms with E-state index >= 15 is 0 Å². The van der Waals surface area contributed by atoms with Gasteiger partial charge in [0.1, 0.15) is 0 Å². The van der Waals surface area contributed by atoms with E-state index in [1.807, 2.05) is 6.07 Å². The molecule has 2 amide bonds. The molecule has 0 saturated carbocycles. The second-order valence-corrected chi connectivity index (χ2v) is 10.5. The van der Waals surface area contributed by atoms with Crippen molar-refractivity contribution >= 4 is 21.6 Å². The van der Waals surface area contributed by atoms with Crippen molar-refractivity contribution in [2.75, 3.05) is 18.4 Å². The Bertz CT molecular complexity index is 1070. The molecule has 0 bridgehead atoms. The summed E-state index contributed by atoms with van der Waals surface area (Å²) in [5.74, 6) is -0.0933. The number of benzene rings is 1. The molecule has 3 rings (SSSR count). The third-order valence-electron chi connectivity index (χ3n) is 5.89. The molecule has 0 atom stereocenters. The van der Waals surface area contributed by atoms with Gasteiger partial charge >= 0.3 is 6.03 Å². The zero-order valence-electron chi connectivity index (χ0n) is 17.3. The number of aryl methyl sites for hydroxylation is 1. The molecule has 2 aromatic rings. The monoisotopic (exact) mass is 427 g/mol. The van der Waals surface area contributed by atoms with Crippen molar-refractivity contribution in [3.63, 3.8) is 0 Å². The summed E-state index contributed by atoms with van der Waals surface area (Å²) in [6, 6.07) is 8.13. The topological polar surface area (TPSA) is 116 Å². The average molecular weight is 428 g/mol. The maximum absolute atomic E-state index is 13.4. The van der Waals surface area contributed by atoms with Crippen LogP contribution in [0.25, 0.3) is 0 Å². The van der Waals surface area contributed by atoms with Crippen LogP contribution in [0.5, 0.6) is 0 Å². The fourth-order valence-corrected chi connectivity index (χ4v) is 5.84. The average Bonchev–Trinajstić information content (AvgIpc) is 2.74. The summed E-state index contributed by atoms with van der Waals surface area (Å²) < 4.78 is 25.9. The van der Waals surface area contributed by atoms with Crippen LogP contribution in [0.4, 0.5) is 10.5 Å². The van der Waals surface area contributed by atoms with E-state index in [-0.39, 0.29) is 16.8 Å². The van der Waals surface area contributed by atoms with E-state index in [0.717, 1.165) is 0 Å². The van der Waals surface area contributed by atoms with Gasteiger partial charge in [0.2, 0.25) is 0 Å². The lowest BCUT2D eigenvalue weighted by atomic mass is 9.86. The second-order valence-electron chi connectivity index (χ2n) is 8.02. The number of likely N-dealkylation sites (tertiary alicyclic amines) is 1. The van der Waals surface area contributed by atoms with E-state index in [0.29, 0.717) is 42.7 Å². The van der Waals surface area contributed by atoms with Gasteiger partial charge in [-0.05, 0) is 69.4 Å². The number of urea groups is 1. The normalized spacial score (nSPS) is 15.5. The number of anilines is 1. The molecule has 1 aromatic carbocycles. The molecule has 1 aromatic heterocycles. The maximum Gasteiger partial charge on any atom is 0.321 e. The van der Waals surface area contributed by atoms with Gasteiger partial charge in [-0.15, -0.1) is 0 Å². The third-order valence-corrected chi connectivity index (χ3v) is 8.64. The lowest BCUT2D eigenvalue weighted by molar-refractivity contribution is 0.171. The summed E-state index contributed by atoms with van der Waals surface area (Å²) in [5.41, 5.74) is 1.58. The zero-order chi connectivity index (χ0) is 21.9. The molecule has 0 unspecified atom stereocenters. The van der Waals surface area contributed by atoms with Crippen molar-refractivity contribution in [3.05, 3.63) is 47.8 Å². The van der Waals surface area contributed by atoms with Crippen LogP contribution in [0.2, 0.25) is 0 Å². The van der Waals surface area contributed by atoms with Gasteiger partial charge in [0.05, 0.1) is 39.4 Å². The van der Waals surface area contributed by atoms with Crippen LogP contribution < -0.4 is 5.32 Å². The Kier molecular flexibility index (Phi) is 6.08. The number of rotatable bonds is 4. The molecule has 1 aliphatic rings. The Morgan fingerprint density at radius 2 is 1.93 bits per heavy atom. The molecule has 1 aliphatic heterocycles. The zero-order valence-corrected chi connectivity index (χ0v) is 18.1. The van der Waals surface area contributed by atoms with Gasteiger partial charge in [-0.3, -0.25) is 0 Å². The highest BCUT2D eigenvalue weighted by atomic mass is 32.2. The Morgan fingerprint density at radius 1 is 1.23 bits per heavy atom. The fraction of sp³-hybridized carbons (Fsp3) is 0.429. The van der Waals surface area contributed by atoms with Crippen LogP contribution >= 0.6 is 0 Å². The number of sulfone groups is 1. The lowest BCUT2D eigenvalue weighted by Gasteiger charge is -2.40. The Balaban J connectivity index is 1.71. The first-order chi connectivity index (χ1) is 14.2. The van der Waals surface area contributed by atoms with E-state index in [2.05, 4.69) is 15.5 Å². The van der Waals surface area contributed by atoms with Gasteiger partial charge in [-0.1, -0.05) is 0 Å². The molecule has 1 saturated heterocycles. The van der Waals surface area contributed by atoms with Crippen LogP contribution in [0.1, 0.15) is 37.8 Å². The van der Waals surface area contributed by atoms with Crippen molar-refractivity contribution in [2.45, 2.75) is 43.3 Å². The van der Waals surface area contributed by atoms with Gasteiger partial charge in [-0.2, -0.15) is 15.5 Å². The van der Waals surface area contributed by atoms with E-state index in [9.17, 15) is 13.2 Å². The van der Waals surface area contributed by atoms with Gasteiger partial charge in [0.15, 0.2) is 9.84 Å². The standard InChI is InChI=1S/C21H25N5O3S/c1-15-12-16(13-22)4-5-19(15)30(28,29)21(2,3)17-7-10-26(11-8-17)20(27)25-18-6-9-23-24-14-18/h4-6,9,12,14,17H,7-8,10-11H2,1-3H3,(H,23,25,27). The Morgan fingerprint density at radius 3 is 2.50 bits per heavy atom. The van der Waals surface area contributed by atoms with Gasteiger partial charge in [0, 0.05) is 13.1 Å². The minimum Gasteiger partial charge on any atom is -0.325 e. The molecule has 1 N–H and O–H groups in total. The summed E-state index contributed by atoms with van der Waals surface area (Å²) in [4.78, 5) is 14.4. The van der Waals surface area contributed by atoms with Gasteiger partial charge in [0.25, 0.3) is 0 Å². The number of hydrogen-bond acceptors (Lipinski definition) is 6. The highest BCUT2D eigenvalue weighted by molar-refractivity contribution is 7.92. The highest BCUT2D eigenvalue weighted by Crippen LogP contribution is 2.39. The number of hydrogen-bond donors (Lipinski definition) is 1. The maximum atomic E-state index is 13.4. The van der Waals surface area contributed by atoms with Crippen LogP contribution in [0.15, 0.2) is 41.6 Å². The quantitative estimate of drug-likeness (QED) is 0.801. The molecule has 158 valence electrons. The molecular weight excluding hydrogens is 402 g/mol. The van der Waals surface area contributed by atoms with Crippen LogP contribution in [0.3, 0.4) is 0 Å². The number of nitrogens with zero attached hydrogens (tertiary/aromatic N) is 4. The van der Waals surface area contributed by atoms with Crippen molar-refractivity contribution in [1.29, 1.82) is 5.26 Å². The van der Waals surface area contributed by atoms with Gasteiger partial charge in [-0.25, -0.2) is 13.2 Å². The molecule has 1 fully saturated rings. The minimum atomic E-state index is -3.62. The number of amides is 2. The molecule has 0 aliphatic carbocycles. The van der Waals surface area contributed by atoms with Crippen molar-refractivity contribution < 1.29 is 13.2 Å². The van der Waals surface area contributed by atoms with E-state index in [4.69, 9.17) is 5.26 Å². The minimum absolute atomic E-state index is 0.0933.